The number of hydrogen-bond acceptors (Lipinski definition) is 3. The molecule has 5 heteroatoms. The Morgan fingerprint density at radius 2 is 2.05 bits per heavy atom. The molecule has 1 aromatic heterocycles. The number of halogens is 2. The number of nitrogens with one attached hydrogen (secondary N) is 1. The molecule has 0 spiro atoms. The van der Waals surface area contributed by atoms with Crippen LogP contribution in [0, 0.1) is 10.5 Å². The highest BCUT2D eigenvalue weighted by Crippen LogP contribution is 2.27. The van der Waals surface area contributed by atoms with Crippen LogP contribution in [0.4, 0.5) is 5.82 Å². The normalized spacial score (nSPS) is 10.6. The summed E-state index contributed by atoms with van der Waals surface area (Å²) < 4.78 is 1.07. The van der Waals surface area contributed by atoms with Gasteiger partial charge in [0.15, 0.2) is 5.82 Å². The van der Waals surface area contributed by atoms with Gasteiger partial charge in [0.05, 0.1) is 9.26 Å². The lowest BCUT2D eigenvalue weighted by atomic mass is 10.1. The topological polar surface area (TPSA) is 37.8 Å². The summed E-state index contributed by atoms with van der Waals surface area (Å²) in [4.78, 5) is 9.18. The Labute approximate surface area is 132 Å². The Kier molecular flexibility index (Phi) is 4.62. The molecule has 0 saturated carbocycles. The SMILES string of the molecule is CCc1nc(-c2ccc(C)c(Cl)c2)nc(NC)c1I. The molecule has 2 aromatic rings. The maximum absolute atomic E-state index is 6.17. The van der Waals surface area contributed by atoms with Crippen LogP contribution < -0.4 is 5.32 Å². The van der Waals surface area contributed by atoms with Gasteiger partial charge in [-0.15, -0.1) is 0 Å². The van der Waals surface area contributed by atoms with Gasteiger partial charge in [0.2, 0.25) is 0 Å². The minimum atomic E-state index is 0.712. The fourth-order valence-electron chi connectivity index (χ4n) is 1.75. The monoisotopic (exact) mass is 387 g/mol. The number of anilines is 1. The van der Waals surface area contributed by atoms with Crippen LogP contribution in [0.5, 0.6) is 0 Å². The largest absolute Gasteiger partial charge is 0.372 e. The minimum Gasteiger partial charge on any atom is -0.372 e. The summed E-state index contributed by atoms with van der Waals surface area (Å²) in [5, 5.41) is 3.85. The van der Waals surface area contributed by atoms with E-state index < -0.39 is 0 Å². The van der Waals surface area contributed by atoms with Crippen molar-refractivity contribution in [1.82, 2.24) is 9.97 Å². The molecule has 0 bridgehead atoms. The molecule has 0 fully saturated rings. The van der Waals surface area contributed by atoms with Crippen LogP contribution in [-0.2, 0) is 6.42 Å². The molecular weight excluding hydrogens is 373 g/mol. The van der Waals surface area contributed by atoms with E-state index in [1.54, 1.807) is 0 Å². The third kappa shape index (κ3) is 3.00. The number of benzene rings is 1. The van der Waals surface area contributed by atoms with Crippen molar-refractivity contribution >= 4 is 40.0 Å². The van der Waals surface area contributed by atoms with Crippen molar-refractivity contribution in [3.63, 3.8) is 0 Å². The molecule has 0 aliphatic heterocycles. The highest BCUT2D eigenvalue weighted by atomic mass is 127. The molecule has 3 nitrogen and oxygen atoms in total. The number of rotatable bonds is 3. The van der Waals surface area contributed by atoms with E-state index in [4.69, 9.17) is 11.6 Å². The zero-order valence-corrected chi connectivity index (χ0v) is 14.0. The Balaban J connectivity index is 2.58. The lowest BCUT2D eigenvalue weighted by molar-refractivity contribution is 0.990. The molecule has 100 valence electrons. The van der Waals surface area contributed by atoms with Gasteiger partial charge in [-0.3, -0.25) is 0 Å². The van der Waals surface area contributed by atoms with Crippen molar-refractivity contribution in [2.45, 2.75) is 20.3 Å². The van der Waals surface area contributed by atoms with E-state index in [1.165, 1.54) is 0 Å². The maximum Gasteiger partial charge on any atom is 0.161 e. The molecular formula is C14H15ClIN3. The summed E-state index contributed by atoms with van der Waals surface area (Å²) in [6.45, 7) is 4.08. The third-order valence-electron chi connectivity index (χ3n) is 2.92. The van der Waals surface area contributed by atoms with Crippen molar-refractivity contribution in [2.24, 2.45) is 0 Å². The molecule has 0 radical (unpaired) electrons. The first-order valence-electron chi connectivity index (χ1n) is 6.07. The first-order valence-corrected chi connectivity index (χ1v) is 7.53. The zero-order valence-electron chi connectivity index (χ0n) is 11.1. The summed E-state index contributed by atoms with van der Waals surface area (Å²) in [5.74, 6) is 1.57. The highest BCUT2D eigenvalue weighted by Gasteiger charge is 2.12. The van der Waals surface area contributed by atoms with Crippen molar-refractivity contribution < 1.29 is 0 Å². The van der Waals surface area contributed by atoms with Crippen LogP contribution >= 0.6 is 34.2 Å². The van der Waals surface area contributed by atoms with Gasteiger partial charge < -0.3 is 5.32 Å². The van der Waals surface area contributed by atoms with Crippen LogP contribution in [0.15, 0.2) is 18.2 Å². The van der Waals surface area contributed by atoms with E-state index in [0.717, 1.165) is 37.7 Å². The summed E-state index contributed by atoms with van der Waals surface area (Å²) >= 11 is 8.45. The summed E-state index contributed by atoms with van der Waals surface area (Å²) in [7, 11) is 1.87. The molecule has 0 aliphatic carbocycles. The molecule has 1 N–H and O–H groups in total. The van der Waals surface area contributed by atoms with E-state index in [-0.39, 0.29) is 0 Å². The van der Waals surface area contributed by atoms with Crippen molar-refractivity contribution in [3.05, 3.63) is 38.0 Å². The Hall–Kier alpha value is -0.880. The smallest absolute Gasteiger partial charge is 0.161 e. The van der Waals surface area contributed by atoms with Crippen molar-refractivity contribution in [2.75, 3.05) is 12.4 Å². The van der Waals surface area contributed by atoms with Gasteiger partial charge in [-0.1, -0.05) is 30.7 Å². The van der Waals surface area contributed by atoms with E-state index >= 15 is 0 Å². The van der Waals surface area contributed by atoms with E-state index in [1.807, 2.05) is 32.2 Å². The standard InChI is InChI=1S/C14H15ClIN3/c1-4-11-12(16)14(17-3)19-13(18-11)9-6-5-8(2)10(15)7-9/h5-7H,4H2,1-3H3,(H,17,18,19). The predicted octanol–water partition coefficient (Wildman–Crippen LogP) is 4.31. The fraction of sp³-hybridized carbons (Fsp3) is 0.286. The van der Waals surface area contributed by atoms with Gasteiger partial charge in [-0.2, -0.15) is 0 Å². The second-order valence-corrected chi connectivity index (χ2v) is 5.71. The second-order valence-electron chi connectivity index (χ2n) is 4.22. The molecule has 0 aliphatic rings. The lowest BCUT2D eigenvalue weighted by Gasteiger charge is -2.10. The second kappa shape index (κ2) is 6.05. The fourth-order valence-corrected chi connectivity index (χ4v) is 2.83. The molecule has 0 saturated heterocycles. The van der Waals surface area contributed by atoms with E-state index in [9.17, 15) is 0 Å². The third-order valence-corrected chi connectivity index (χ3v) is 4.46. The first kappa shape index (κ1) is 14.5. The minimum absolute atomic E-state index is 0.712. The molecule has 0 atom stereocenters. The first-order chi connectivity index (χ1) is 9.06. The Bertz CT molecular complexity index is 589. The molecule has 1 aromatic carbocycles. The Morgan fingerprint density at radius 3 is 2.63 bits per heavy atom. The van der Waals surface area contributed by atoms with Gasteiger partial charge in [-0.05, 0) is 47.6 Å². The summed E-state index contributed by atoms with van der Waals surface area (Å²) in [5.41, 5.74) is 3.05. The molecule has 19 heavy (non-hydrogen) atoms. The van der Waals surface area contributed by atoms with Crippen molar-refractivity contribution in [1.29, 1.82) is 0 Å². The quantitative estimate of drug-likeness (QED) is 0.797. The van der Waals surface area contributed by atoms with Crippen LogP contribution in [0.25, 0.3) is 11.4 Å². The molecule has 2 rings (SSSR count). The molecule has 0 amide bonds. The zero-order chi connectivity index (χ0) is 14.0. The van der Waals surface area contributed by atoms with Gasteiger partial charge >= 0.3 is 0 Å². The lowest BCUT2D eigenvalue weighted by Crippen LogP contribution is -2.04. The number of aryl methyl sites for hydroxylation is 2. The van der Waals surface area contributed by atoms with Crippen LogP contribution in [0.1, 0.15) is 18.2 Å². The number of aromatic nitrogens is 2. The van der Waals surface area contributed by atoms with Gasteiger partial charge in [0.25, 0.3) is 0 Å². The number of nitrogens with zero attached hydrogens (tertiary/aromatic N) is 2. The average Bonchev–Trinajstić information content (AvgIpc) is 2.42. The summed E-state index contributed by atoms with van der Waals surface area (Å²) in [6, 6.07) is 5.91. The highest BCUT2D eigenvalue weighted by molar-refractivity contribution is 14.1. The van der Waals surface area contributed by atoms with Crippen LogP contribution in [0.3, 0.4) is 0 Å². The van der Waals surface area contributed by atoms with E-state index in [2.05, 4.69) is 44.8 Å². The van der Waals surface area contributed by atoms with Gasteiger partial charge in [0, 0.05) is 17.6 Å². The maximum atomic E-state index is 6.17. The summed E-state index contributed by atoms with van der Waals surface area (Å²) in [6.07, 6.45) is 0.877. The van der Waals surface area contributed by atoms with E-state index in [0.29, 0.717) is 5.82 Å². The van der Waals surface area contributed by atoms with Gasteiger partial charge in [0.1, 0.15) is 5.82 Å². The van der Waals surface area contributed by atoms with Gasteiger partial charge in [-0.25, -0.2) is 9.97 Å². The van der Waals surface area contributed by atoms with Crippen molar-refractivity contribution in [3.8, 4) is 11.4 Å². The average molecular weight is 388 g/mol. The number of hydrogen-bond donors (Lipinski definition) is 1. The molecule has 0 unspecified atom stereocenters. The molecule has 1 heterocycles. The van der Waals surface area contributed by atoms with Crippen LogP contribution in [-0.4, -0.2) is 17.0 Å². The van der Waals surface area contributed by atoms with Crippen LogP contribution in [0.2, 0.25) is 5.02 Å². The Morgan fingerprint density at radius 1 is 1.32 bits per heavy atom. The predicted molar refractivity (Wildman–Crippen MR) is 88.9 cm³/mol.